The maximum Gasteiger partial charge on any atom is 0.330 e. The monoisotopic (exact) mass is 622 g/mol. The highest BCUT2D eigenvalue weighted by molar-refractivity contribution is 8.06. The number of aryl methyl sites for hydroxylation is 1. The molecule has 0 spiro atoms. The van der Waals surface area contributed by atoms with E-state index in [1.165, 1.54) is 16.7 Å². The number of halogens is 4. The highest BCUT2D eigenvalue weighted by Crippen LogP contribution is 2.52. The van der Waals surface area contributed by atoms with Crippen LogP contribution in [0.4, 0.5) is 0 Å². The summed E-state index contributed by atoms with van der Waals surface area (Å²) in [6.45, 7) is 2.81. The van der Waals surface area contributed by atoms with Crippen molar-refractivity contribution in [3.8, 4) is 16.7 Å². The first-order valence-corrected chi connectivity index (χ1v) is 14.0. The number of benzene rings is 1. The van der Waals surface area contributed by atoms with Gasteiger partial charge < -0.3 is 19.5 Å². The number of thiocyanates is 1. The molecule has 1 aromatic heterocycles. The lowest BCUT2D eigenvalue weighted by Crippen LogP contribution is -2.71. The quantitative estimate of drug-likeness (QED) is 0.204. The van der Waals surface area contributed by atoms with Crippen LogP contribution < -0.4 is 5.32 Å². The van der Waals surface area contributed by atoms with Crippen LogP contribution in [0.15, 0.2) is 28.8 Å². The van der Waals surface area contributed by atoms with Gasteiger partial charge in [-0.3, -0.25) is 9.59 Å². The lowest BCUT2D eigenvalue weighted by atomic mass is 9.95. The summed E-state index contributed by atoms with van der Waals surface area (Å²) in [6, 6.07) is 4.86. The summed E-state index contributed by atoms with van der Waals surface area (Å²) < 4.78 is 7.70. The minimum atomic E-state index is -1.83. The van der Waals surface area contributed by atoms with Gasteiger partial charge in [0.2, 0.25) is 9.70 Å². The average molecular weight is 624 g/mol. The topological polar surface area (TPSA) is 126 Å². The first-order valence-electron chi connectivity index (χ1n) is 10.6. The molecule has 9 nitrogen and oxygen atoms in total. The second-order valence-electron chi connectivity index (χ2n) is 8.47. The van der Waals surface area contributed by atoms with Gasteiger partial charge in [0.05, 0.1) is 9.77 Å². The van der Waals surface area contributed by atoms with Crippen molar-refractivity contribution in [1.82, 2.24) is 15.4 Å². The molecule has 2 aliphatic heterocycles. The van der Waals surface area contributed by atoms with Crippen LogP contribution in [-0.2, 0) is 14.3 Å². The van der Waals surface area contributed by atoms with Gasteiger partial charge in [-0.2, -0.15) is 5.26 Å². The van der Waals surface area contributed by atoms with Gasteiger partial charge in [-0.15, -0.1) is 11.8 Å². The number of amides is 2. The van der Waals surface area contributed by atoms with Crippen LogP contribution in [-0.4, -0.2) is 66.2 Å². The third-order valence-electron chi connectivity index (χ3n) is 5.86. The molecule has 1 aromatic carbocycles. The van der Waals surface area contributed by atoms with Crippen molar-refractivity contribution in [1.29, 1.82) is 5.26 Å². The third kappa shape index (κ3) is 5.51. The zero-order valence-electron chi connectivity index (χ0n) is 19.2. The lowest BCUT2D eigenvalue weighted by molar-refractivity contribution is -0.163. The van der Waals surface area contributed by atoms with E-state index in [2.05, 4.69) is 10.5 Å². The highest BCUT2D eigenvalue weighted by Gasteiger charge is 2.66. The van der Waals surface area contributed by atoms with Crippen LogP contribution in [0.25, 0.3) is 11.3 Å². The van der Waals surface area contributed by atoms with E-state index in [0.29, 0.717) is 10.6 Å². The van der Waals surface area contributed by atoms with Crippen LogP contribution in [0.3, 0.4) is 0 Å². The number of esters is 1. The van der Waals surface area contributed by atoms with Gasteiger partial charge in [-0.1, -0.05) is 69.8 Å². The van der Waals surface area contributed by atoms with Crippen molar-refractivity contribution < 1.29 is 23.6 Å². The van der Waals surface area contributed by atoms with E-state index in [1.807, 2.05) is 5.40 Å². The fourth-order valence-corrected chi connectivity index (χ4v) is 7.12. The minimum Gasteiger partial charge on any atom is -0.460 e. The SMILES string of the molecule is Cc1onc(-c2ccccc2Cl)c1C(=O)NC1C(=O)N2C(C(=O)OCC(Cl)(Cl)Cl)C(C)(CSC#N)S[C@@H]12. The molecule has 37 heavy (non-hydrogen) atoms. The standard InChI is InChI=1S/C22H18Cl4N4O5S2/c1-10-13(14(29-35-10)11-5-3-4-6-12(11)23)17(31)28-15-18(32)30-16(20(33)34-7-22(24,25)26)21(2,8-36-9-27)37-19(15)30/h3-6,15-16,19H,7-8H2,1-2H3,(H,28,31)/t15?,16?,19-,21?/m0/s1. The molecular weight excluding hydrogens is 606 g/mol. The number of nitrogens with one attached hydrogen (secondary N) is 1. The predicted octanol–water partition coefficient (Wildman–Crippen LogP) is 4.57. The van der Waals surface area contributed by atoms with Gasteiger partial charge >= 0.3 is 5.97 Å². The van der Waals surface area contributed by atoms with Crippen molar-refractivity contribution >= 4 is 87.7 Å². The molecule has 0 aliphatic carbocycles. The van der Waals surface area contributed by atoms with Gasteiger partial charge in [0.15, 0.2) is 0 Å². The second-order valence-corrected chi connectivity index (χ2v) is 13.8. The molecule has 1 N–H and O–H groups in total. The molecule has 196 valence electrons. The number of carbonyl (C=O) groups is 3. The molecule has 4 rings (SSSR count). The first-order chi connectivity index (χ1) is 17.4. The Bertz CT molecular complexity index is 1300. The Hall–Kier alpha value is -1.81. The number of nitrogens with zero attached hydrogens (tertiary/aromatic N) is 3. The summed E-state index contributed by atoms with van der Waals surface area (Å²) in [7, 11) is 0. The Morgan fingerprint density at radius 1 is 1.38 bits per heavy atom. The van der Waals surface area contributed by atoms with E-state index < -0.39 is 50.4 Å². The summed E-state index contributed by atoms with van der Waals surface area (Å²) in [5, 5.41) is 17.6. The molecule has 3 unspecified atom stereocenters. The fraction of sp³-hybridized carbons (Fsp3) is 0.409. The number of hydrogen-bond donors (Lipinski definition) is 1. The van der Waals surface area contributed by atoms with Crippen LogP contribution in [0, 0.1) is 17.6 Å². The van der Waals surface area contributed by atoms with Crippen molar-refractivity contribution in [3.63, 3.8) is 0 Å². The number of ether oxygens (including phenoxy) is 1. The maximum absolute atomic E-state index is 13.3. The van der Waals surface area contributed by atoms with Crippen LogP contribution in [0.1, 0.15) is 23.0 Å². The zero-order chi connectivity index (χ0) is 27.1. The number of fused-ring (bicyclic) bond motifs is 1. The zero-order valence-corrected chi connectivity index (χ0v) is 23.8. The maximum atomic E-state index is 13.3. The molecule has 0 saturated carbocycles. The number of carbonyl (C=O) groups excluding carboxylic acids is 3. The highest BCUT2D eigenvalue weighted by atomic mass is 35.6. The third-order valence-corrected chi connectivity index (χ3v) is 9.22. The summed E-state index contributed by atoms with van der Waals surface area (Å²) in [4.78, 5) is 40.8. The second kappa shape index (κ2) is 10.8. The molecule has 3 heterocycles. The molecule has 4 atom stereocenters. The van der Waals surface area contributed by atoms with Gasteiger partial charge in [0.25, 0.3) is 5.91 Å². The van der Waals surface area contributed by atoms with Gasteiger partial charge in [-0.05, 0) is 31.7 Å². The van der Waals surface area contributed by atoms with Crippen molar-refractivity contribution in [3.05, 3.63) is 40.6 Å². The summed E-state index contributed by atoms with van der Waals surface area (Å²) in [5.74, 6) is -1.37. The van der Waals surface area contributed by atoms with Crippen LogP contribution >= 0.6 is 69.9 Å². The lowest BCUT2D eigenvalue weighted by Gasteiger charge is -2.44. The average Bonchev–Trinajstić information content (AvgIpc) is 3.35. The number of aromatic nitrogens is 1. The fourth-order valence-electron chi connectivity index (χ4n) is 4.23. The summed E-state index contributed by atoms with van der Waals surface area (Å²) in [5.41, 5.74) is 0.885. The molecule has 2 amide bonds. The van der Waals surface area contributed by atoms with E-state index >= 15 is 0 Å². The predicted molar refractivity (Wildman–Crippen MR) is 143 cm³/mol. The number of β-lactam (4-membered cyclic amide) rings is 1. The normalized spacial score (nSPS) is 24.7. The molecule has 0 radical (unpaired) electrons. The molecule has 2 aliphatic rings. The molecular formula is C22H18Cl4N4O5S2. The molecule has 0 bridgehead atoms. The van der Waals surface area contributed by atoms with E-state index in [4.69, 9.17) is 60.9 Å². The Morgan fingerprint density at radius 3 is 2.73 bits per heavy atom. The summed E-state index contributed by atoms with van der Waals surface area (Å²) in [6.07, 6.45) is 0. The van der Waals surface area contributed by atoms with E-state index in [1.54, 1.807) is 38.1 Å². The number of nitriles is 1. The molecule has 15 heteroatoms. The van der Waals surface area contributed by atoms with Gasteiger partial charge in [-0.25, -0.2) is 4.79 Å². The Labute approximate surface area is 240 Å². The Balaban J connectivity index is 1.57. The van der Waals surface area contributed by atoms with Gasteiger partial charge in [0, 0.05) is 11.3 Å². The van der Waals surface area contributed by atoms with Crippen molar-refractivity contribution in [2.75, 3.05) is 12.4 Å². The first kappa shape index (κ1) is 28.2. The van der Waals surface area contributed by atoms with Crippen molar-refractivity contribution in [2.45, 2.75) is 39.8 Å². The minimum absolute atomic E-state index is 0.142. The smallest absolute Gasteiger partial charge is 0.330 e. The van der Waals surface area contributed by atoms with Gasteiger partial charge in [0.1, 0.15) is 46.5 Å². The molecule has 2 fully saturated rings. The molecule has 2 aromatic rings. The largest absolute Gasteiger partial charge is 0.460 e. The van der Waals surface area contributed by atoms with Crippen LogP contribution in [0.2, 0.25) is 5.02 Å². The molecule has 2 saturated heterocycles. The number of alkyl halides is 3. The van der Waals surface area contributed by atoms with E-state index in [-0.39, 0.29) is 22.8 Å². The Kier molecular flexibility index (Phi) is 8.19. The number of thioether (sulfide) groups is 2. The summed E-state index contributed by atoms with van der Waals surface area (Å²) >= 11 is 25.6. The van der Waals surface area contributed by atoms with Crippen molar-refractivity contribution in [2.24, 2.45) is 0 Å². The number of rotatable bonds is 7. The number of hydrogen-bond acceptors (Lipinski definition) is 9. The van der Waals surface area contributed by atoms with Crippen LogP contribution in [0.5, 0.6) is 0 Å². The van der Waals surface area contributed by atoms with E-state index in [0.717, 1.165) is 11.8 Å². The van der Waals surface area contributed by atoms with E-state index in [9.17, 15) is 14.4 Å². The Morgan fingerprint density at radius 2 is 2.08 bits per heavy atom.